The maximum absolute atomic E-state index is 13.5. The number of carbonyl (C=O) groups is 2. The number of nitrogens with one attached hydrogen (secondary N) is 3. The van der Waals surface area contributed by atoms with Gasteiger partial charge in [-0.05, 0) is 81.2 Å². The molecule has 6 rings (SSSR count). The third-order valence-corrected chi connectivity index (χ3v) is 8.36. The Labute approximate surface area is 220 Å². The Hall–Kier alpha value is -3.56. The van der Waals surface area contributed by atoms with E-state index in [1.807, 2.05) is 61.5 Å². The molecule has 0 bridgehead atoms. The number of carbonyl (C=O) groups excluding carboxylic acids is 2. The molecule has 8 nitrogen and oxygen atoms in total. The summed E-state index contributed by atoms with van der Waals surface area (Å²) < 4.78 is 5.97. The zero-order valence-electron chi connectivity index (χ0n) is 20.6. The van der Waals surface area contributed by atoms with Crippen molar-refractivity contribution < 1.29 is 14.3 Å². The van der Waals surface area contributed by atoms with E-state index in [4.69, 9.17) is 4.74 Å². The molecule has 3 aliphatic rings. The summed E-state index contributed by atoms with van der Waals surface area (Å²) in [4.78, 5) is 33.1. The first-order chi connectivity index (χ1) is 18.1. The lowest BCUT2D eigenvalue weighted by atomic mass is 9.99. The van der Waals surface area contributed by atoms with E-state index in [0.717, 1.165) is 65.6 Å². The number of benzene rings is 2. The smallest absolute Gasteiger partial charge is 0.327 e. The van der Waals surface area contributed by atoms with Crippen LogP contribution >= 0.6 is 11.8 Å². The van der Waals surface area contributed by atoms with E-state index in [9.17, 15) is 9.59 Å². The highest BCUT2D eigenvalue weighted by molar-refractivity contribution is 8.01. The van der Waals surface area contributed by atoms with Gasteiger partial charge in [-0.25, -0.2) is 9.78 Å². The third-order valence-electron chi connectivity index (χ3n) is 7.07. The Bertz CT molecular complexity index is 1330. The van der Waals surface area contributed by atoms with Gasteiger partial charge >= 0.3 is 6.03 Å². The van der Waals surface area contributed by atoms with Crippen LogP contribution in [0.2, 0.25) is 0 Å². The van der Waals surface area contributed by atoms with Crippen LogP contribution in [0.3, 0.4) is 0 Å². The first kappa shape index (κ1) is 23.8. The molecule has 1 aromatic heterocycles. The highest BCUT2D eigenvalue weighted by Crippen LogP contribution is 2.51. The van der Waals surface area contributed by atoms with E-state index < -0.39 is 11.3 Å². The number of urea groups is 1. The number of aryl methyl sites for hydroxylation is 1. The van der Waals surface area contributed by atoms with Crippen molar-refractivity contribution in [3.8, 4) is 11.5 Å². The van der Waals surface area contributed by atoms with Gasteiger partial charge in [-0.3, -0.25) is 9.69 Å². The van der Waals surface area contributed by atoms with Gasteiger partial charge in [0.2, 0.25) is 5.91 Å². The lowest BCUT2D eigenvalue weighted by molar-refractivity contribution is -0.121. The predicted octanol–water partition coefficient (Wildman–Crippen LogP) is 4.82. The molecule has 190 valence electrons. The normalized spacial score (nSPS) is 22.6. The SMILES string of the molecule is Cc1cc(Oc2ccccc2)ccc1N1C(=O)NC2c3c1ccnc3SC2C(=O)NC1CCCNCC1. The second-order valence-electron chi connectivity index (χ2n) is 9.60. The van der Waals surface area contributed by atoms with E-state index in [-0.39, 0.29) is 18.0 Å². The first-order valence-corrected chi connectivity index (χ1v) is 13.6. The molecule has 0 aliphatic carbocycles. The van der Waals surface area contributed by atoms with E-state index in [1.165, 1.54) is 11.8 Å². The van der Waals surface area contributed by atoms with Gasteiger partial charge in [0.25, 0.3) is 0 Å². The molecule has 3 atom stereocenters. The molecule has 3 aliphatic heterocycles. The molecule has 3 aromatic rings. The summed E-state index contributed by atoms with van der Waals surface area (Å²) in [5.74, 6) is 1.41. The molecule has 3 unspecified atom stereocenters. The van der Waals surface area contributed by atoms with Crippen LogP contribution in [-0.2, 0) is 4.79 Å². The highest BCUT2D eigenvalue weighted by Gasteiger charge is 2.47. The number of thioether (sulfide) groups is 1. The molecule has 3 amide bonds. The summed E-state index contributed by atoms with van der Waals surface area (Å²) >= 11 is 1.43. The lowest BCUT2D eigenvalue weighted by Gasteiger charge is -2.35. The van der Waals surface area contributed by atoms with Crippen LogP contribution < -0.4 is 25.6 Å². The Morgan fingerprint density at radius 2 is 1.95 bits per heavy atom. The van der Waals surface area contributed by atoms with Crippen molar-refractivity contribution in [2.75, 3.05) is 18.0 Å². The molecule has 9 heteroatoms. The largest absolute Gasteiger partial charge is 0.457 e. The number of ether oxygens (including phenoxy) is 1. The summed E-state index contributed by atoms with van der Waals surface area (Å²) in [6.07, 6.45) is 4.62. The first-order valence-electron chi connectivity index (χ1n) is 12.7. The van der Waals surface area contributed by atoms with Crippen LogP contribution in [0, 0.1) is 6.92 Å². The Morgan fingerprint density at radius 3 is 2.78 bits per heavy atom. The van der Waals surface area contributed by atoms with Crippen LogP contribution in [0.25, 0.3) is 0 Å². The van der Waals surface area contributed by atoms with Crippen LogP contribution in [0.15, 0.2) is 65.8 Å². The quantitative estimate of drug-likeness (QED) is 0.451. The summed E-state index contributed by atoms with van der Waals surface area (Å²) in [6, 6.07) is 16.6. The second kappa shape index (κ2) is 10.1. The Balaban J connectivity index is 1.26. The predicted molar refractivity (Wildman–Crippen MR) is 144 cm³/mol. The summed E-state index contributed by atoms with van der Waals surface area (Å²) in [7, 11) is 0. The zero-order chi connectivity index (χ0) is 25.4. The van der Waals surface area contributed by atoms with Crippen molar-refractivity contribution in [1.82, 2.24) is 20.9 Å². The number of pyridine rings is 1. The van der Waals surface area contributed by atoms with Gasteiger partial charge in [-0.2, -0.15) is 0 Å². The van der Waals surface area contributed by atoms with Crippen LogP contribution in [0.1, 0.15) is 36.4 Å². The molecular formula is C28H29N5O3S. The Kier molecular flexibility index (Phi) is 6.48. The molecule has 0 saturated carbocycles. The van der Waals surface area contributed by atoms with Gasteiger partial charge in [-0.1, -0.05) is 30.0 Å². The molecule has 3 N–H and O–H groups in total. The van der Waals surface area contributed by atoms with Crippen LogP contribution in [0.4, 0.5) is 16.2 Å². The van der Waals surface area contributed by atoms with Crippen LogP contribution in [-0.4, -0.2) is 41.3 Å². The zero-order valence-corrected chi connectivity index (χ0v) is 21.4. The van der Waals surface area contributed by atoms with E-state index in [0.29, 0.717) is 5.75 Å². The average Bonchev–Trinajstić information content (AvgIpc) is 3.07. The molecule has 4 heterocycles. The minimum absolute atomic E-state index is 0.0433. The van der Waals surface area contributed by atoms with Crippen LogP contribution in [0.5, 0.6) is 11.5 Å². The number of amides is 3. The van der Waals surface area contributed by atoms with Gasteiger partial charge in [-0.15, -0.1) is 0 Å². The van der Waals surface area contributed by atoms with Gasteiger partial charge in [0.15, 0.2) is 0 Å². The fourth-order valence-corrected chi connectivity index (χ4v) is 6.51. The van der Waals surface area contributed by atoms with E-state index >= 15 is 0 Å². The van der Waals surface area contributed by atoms with E-state index in [1.54, 1.807) is 11.1 Å². The van der Waals surface area contributed by atoms with Crippen molar-refractivity contribution in [1.29, 1.82) is 0 Å². The Morgan fingerprint density at radius 1 is 1.08 bits per heavy atom. The monoisotopic (exact) mass is 515 g/mol. The maximum Gasteiger partial charge on any atom is 0.327 e. The number of aromatic nitrogens is 1. The van der Waals surface area contributed by atoms with Gasteiger partial charge in [0.05, 0.1) is 17.4 Å². The fraction of sp³-hybridized carbons (Fsp3) is 0.321. The van der Waals surface area contributed by atoms with Gasteiger partial charge < -0.3 is 20.7 Å². The summed E-state index contributed by atoms with van der Waals surface area (Å²) in [5.41, 5.74) is 3.32. The highest BCUT2D eigenvalue weighted by atomic mass is 32.2. The summed E-state index contributed by atoms with van der Waals surface area (Å²) in [6.45, 7) is 3.84. The van der Waals surface area contributed by atoms with Crippen molar-refractivity contribution in [3.05, 3.63) is 71.9 Å². The maximum atomic E-state index is 13.5. The lowest BCUT2D eigenvalue weighted by Crippen LogP contribution is -2.50. The van der Waals surface area contributed by atoms with E-state index in [2.05, 4.69) is 20.9 Å². The number of hydrogen-bond donors (Lipinski definition) is 3. The fourth-order valence-electron chi connectivity index (χ4n) is 5.28. The number of anilines is 2. The molecule has 0 radical (unpaired) electrons. The second-order valence-corrected chi connectivity index (χ2v) is 10.7. The molecule has 2 aromatic carbocycles. The van der Waals surface area contributed by atoms with Crippen molar-refractivity contribution in [2.24, 2.45) is 0 Å². The molecule has 37 heavy (non-hydrogen) atoms. The number of hydrogen-bond acceptors (Lipinski definition) is 6. The standard InChI is InChI=1S/C28H29N5O3S/c1-17-16-20(36-19-7-3-2-4-8-19)9-10-21(17)33-22-12-15-30-27-23(22)24(32-28(33)35)25(37-27)26(34)31-18-6-5-13-29-14-11-18/h2-4,7-10,12,15-16,18,24-25,29H,5-6,11,13-14H2,1H3,(H,31,34)(H,32,35). The summed E-state index contributed by atoms with van der Waals surface area (Å²) in [5, 5.41) is 10.1. The molecule has 1 fully saturated rings. The van der Waals surface area contributed by atoms with Crippen molar-refractivity contribution in [2.45, 2.75) is 48.5 Å². The number of nitrogens with zero attached hydrogens (tertiary/aromatic N) is 2. The van der Waals surface area contributed by atoms with Crippen molar-refractivity contribution in [3.63, 3.8) is 0 Å². The van der Waals surface area contributed by atoms with Gasteiger partial charge in [0, 0.05) is 17.8 Å². The minimum atomic E-state index is -0.450. The minimum Gasteiger partial charge on any atom is -0.457 e. The molecular weight excluding hydrogens is 486 g/mol. The topological polar surface area (TPSA) is 95.6 Å². The van der Waals surface area contributed by atoms with Crippen molar-refractivity contribution >= 4 is 35.1 Å². The third kappa shape index (κ3) is 4.65. The van der Waals surface area contributed by atoms with Gasteiger partial charge in [0.1, 0.15) is 21.8 Å². The average molecular weight is 516 g/mol. The molecule has 0 spiro atoms. The number of rotatable bonds is 5. The molecule has 1 saturated heterocycles. The number of para-hydroxylation sites is 1.